The second kappa shape index (κ2) is 7.52. The Bertz CT molecular complexity index is 1090. The summed E-state index contributed by atoms with van der Waals surface area (Å²) in [6.07, 6.45) is 4.91. The van der Waals surface area contributed by atoms with Gasteiger partial charge in [-0.1, -0.05) is 30.3 Å². The maximum Gasteiger partial charge on any atom is 0.265 e. The molecule has 0 aliphatic rings. The van der Waals surface area contributed by atoms with Gasteiger partial charge in [0.1, 0.15) is 5.75 Å². The Kier molecular flexibility index (Phi) is 4.76. The molecule has 2 aromatic carbocycles. The summed E-state index contributed by atoms with van der Waals surface area (Å²) < 4.78 is 7.57. The number of carbonyl (C=O) groups is 1. The number of ether oxygens (including phenoxy) is 1. The molecule has 0 radical (unpaired) electrons. The minimum atomic E-state index is -0.621. The third-order valence-corrected chi connectivity index (χ3v) is 4.45. The summed E-state index contributed by atoms with van der Waals surface area (Å²) in [5, 5.41) is 2.96. The Balaban J connectivity index is 1.54. The van der Waals surface area contributed by atoms with E-state index in [-0.39, 0.29) is 5.91 Å². The van der Waals surface area contributed by atoms with Gasteiger partial charge in [-0.25, -0.2) is 9.97 Å². The largest absolute Gasteiger partial charge is 0.481 e. The van der Waals surface area contributed by atoms with Crippen LogP contribution in [0, 0.1) is 6.92 Å². The van der Waals surface area contributed by atoms with E-state index in [1.165, 1.54) is 0 Å². The summed E-state index contributed by atoms with van der Waals surface area (Å²) in [5.41, 5.74) is 3.40. The molecule has 1 unspecified atom stereocenters. The molecular formula is C22H20N4O2. The van der Waals surface area contributed by atoms with Crippen molar-refractivity contribution in [2.75, 3.05) is 5.32 Å². The number of rotatable bonds is 5. The Morgan fingerprint density at radius 2 is 1.96 bits per heavy atom. The molecule has 2 aromatic heterocycles. The fourth-order valence-electron chi connectivity index (χ4n) is 2.88. The average molecular weight is 372 g/mol. The van der Waals surface area contributed by atoms with Gasteiger partial charge >= 0.3 is 0 Å². The van der Waals surface area contributed by atoms with Crippen LogP contribution in [0.1, 0.15) is 12.5 Å². The van der Waals surface area contributed by atoms with Crippen LogP contribution in [0.15, 0.2) is 73.2 Å². The number of anilines is 1. The molecule has 0 spiro atoms. The molecule has 4 aromatic rings. The number of hydrogen-bond donors (Lipinski definition) is 1. The molecule has 0 aliphatic carbocycles. The maximum atomic E-state index is 12.6. The number of hydrogen-bond acceptors (Lipinski definition) is 4. The van der Waals surface area contributed by atoms with Crippen LogP contribution in [-0.4, -0.2) is 26.4 Å². The summed E-state index contributed by atoms with van der Waals surface area (Å²) in [7, 11) is 0. The van der Waals surface area contributed by atoms with Crippen LogP contribution in [0.2, 0.25) is 0 Å². The number of carbonyl (C=O) groups excluding carboxylic acids is 1. The number of nitrogens with zero attached hydrogens (tertiary/aromatic N) is 3. The quantitative estimate of drug-likeness (QED) is 0.572. The molecule has 28 heavy (non-hydrogen) atoms. The van der Waals surface area contributed by atoms with Crippen LogP contribution in [0.25, 0.3) is 17.0 Å². The summed E-state index contributed by atoms with van der Waals surface area (Å²) in [6.45, 7) is 3.68. The molecule has 1 atom stereocenters. The Morgan fingerprint density at radius 3 is 2.75 bits per heavy atom. The monoisotopic (exact) mass is 372 g/mol. The molecule has 1 amide bonds. The normalized spacial score (nSPS) is 11.9. The van der Waals surface area contributed by atoms with Gasteiger partial charge in [0.2, 0.25) is 5.78 Å². The van der Waals surface area contributed by atoms with E-state index in [9.17, 15) is 4.79 Å². The molecule has 0 saturated heterocycles. The van der Waals surface area contributed by atoms with Crippen molar-refractivity contribution in [3.05, 3.63) is 78.8 Å². The Labute approximate surface area is 162 Å². The first-order valence-corrected chi connectivity index (χ1v) is 9.03. The van der Waals surface area contributed by atoms with Gasteiger partial charge in [-0.05, 0) is 43.7 Å². The van der Waals surface area contributed by atoms with Gasteiger partial charge in [0.25, 0.3) is 5.91 Å². The van der Waals surface area contributed by atoms with Crippen molar-refractivity contribution in [3.8, 4) is 17.0 Å². The molecule has 6 nitrogen and oxygen atoms in total. The third kappa shape index (κ3) is 3.71. The lowest BCUT2D eigenvalue weighted by Gasteiger charge is -2.16. The second-order valence-electron chi connectivity index (χ2n) is 6.55. The number of para-hydroxylation sites is 1. The highest BCUT2D eigenvalue weighted by atomic mass is 16.5. The van der Waals surface area contributed by atoms with Crippen LogP contribution < -0.4 is 10.1 Å². The molecule has 0 saturated carbocycles. The van der Waals surface area contributed by atoms with E-state index in [4.69, 9.17) is 4.74 Å². The van der Waals surface area contributed by atoms with Gasteiger partial charge in [0.15, 0.2) is 6.10 Å². The van der Waals surface area contributed by atoms with Gasteiger partial charge in [-0.15, -0.1) is 0 Å². The van der Waals surface area contributed by atoms with Crippen molar-refractivity contribution in [2.45, 2.75) is 20.0 Å². The first-order valence-electron chi connectivity index (χ1n) is 9.03. The summed E-state index contributed by atoms with van der Waals surface area (Å²) in [6, 6.07) is 17.0. The lowest BCUT2D eigenvalue weighted by atomic mass is 10.1. The highest BCUT2D eigenvalue weighted by molar-refractivity contribution is 5.95. The van der Waals surface area contributed by atoms with Crippen LogP contribution in [0.4, 0.5) is 5.69 Å². The standard InChI is InChI=1S/C22H20N4O2/c1-15-9-10-17(20-14-26-12-6-11-23-22(26)25-20)13-19(15)24-21(27)16(2)28-18-7-4-3-5-8-18/h3-14,16H,1-2H3,(H,24,27). The van der Waals surface area contributed by atoms with Crippen molar-refractivity contribution in [1.82, 2.24) is 14.4 Å². The van der Waals surface area contributed by atoms with E-state index in [0.29, 0.717) is 11.5 Å². The van der Waals surface area contributed by atoms with E-state index in [2.05, 4.69) is 15.3 Å². The number of aryl methyl sites for hydroxylation is 1. The van der Waals surface area contributed by atoms with Gasteiger partial charge in [0.05, 0.1) is 5.69 Å². The number of nitrogens with one attached hydrogen (secondary N) is 1. The fraction of sp³-hybridized carbons (Fsp3) is 0.136. The van der Waals surface area contributed by atoms with E-state index in [1.807, 2.05) is 78.3 Å². The van der Waals surface area contributed by atoms with Crippen LogP contribution in [-0.2, 0) is 4.79 Å². The Hall–Kier alpha value is -3.67. The van der Waals surface area contributed by atoms with Crippen LogP contribution >= 0.6 is 0 Å². The number of fused-ring (bicyclic) bond motifs is 1. The molecule has 1 N–H and O–H groups in total. The minimum Gasteiger partial charge on any atom is -0.481 e. The van der Waals surface area contributed by atoms with Crippen molar-refractivity contribution in [2.24, 2.45) is 0 Å². The van der Waals surface area contributed by atoms with E-state index in [1.54, 1.807) is 13.1 Å². The van der Waals surface area contributed by atoms with Crippen molar-refractivity contribution < 1.29 is 9.53 Å². The fourth-order valence-corrected chi connectivity index (χ4v) is 2.88. The topological polar surface area (TPSA) is 68.5 Å². The molecule has 140 valence electrons. The lowest BCUT2D eigenvalue weighted by Crippen LogP contribution is -2.30. The predicted octanol–water partition coefficient (Wildman–Crippen LogP) is 4.11. The van der Waals surface area contributed by atoms with Gasteiger partial charge in [0, 0.05) is 29.8 Å². The van der Waals surface area contributed by atoms with Gasteiger partial charge in [-0.2, -0.15) is 0 Å². The van der Waals surface area contributed by atoms with Crippen LogP contribution in [0.5, 0.6) is 5.75 Å². The summed E-state index contributed by atoms with van der Waals surface area (Å²) >= 11 is 0. The van der Waals surface area contributed by atoms with E-state index in [0.717, 1.165) is 22.5 Å². The van der Waals surface area contributed by atoms with E-state index >= 15 is 0 Å². The third-order valence-electron chi connectivity index (χ3n) is 4.45. The number of benzene rings is 2. The molecule has 4 rings (SSSR count). The first-order chi connectivity index (χ1) is 13.6. The molecule has 2 heterocycles. The number of amides is 1. The zero-order valence-electron chi connectivity index (χ0n) is 15.7. The highest BCUT2D eigenvalue weighted by Gasteiger charge is 2.16. The first kappa shape index (κ1) is 17.7. The van der Waals surface area contributed by atoms with E-state index < -0.39 is 6.10 Å². The predicted molar refractivity (Wildman–Crippen MR) is 108 cm³/mol. The van der Waals surface area contributed by atoms with Crippen molar-refractivity contribution in [1.29, 1.82) is 0 Å². The molecule has 0 aliphatic heterocycles. The lowest BCUT2D eigenvalue weighted by molar-refractivity contribution is -0.122. The zero-order valence-corrected chi connectivity index (χ0v) is 15.7. The minimum absolute atomic E-state index is 0.208. The number of imidazole rings is 1. The second-order valence-corrected chi connectivity index (χ2v) is 6.55. The molecule has 6 heteroatoms. The highest BCUT2D eigenvalue weighted by Crippen LogP contribution is 2.25. The van der Waals surface area contributed by atoms with Crippen molar-refractivity contribution >= 4 is 17.4 Å². The Morgan fingerprint density at radius 1 is 1.14 bits per heavy atom. The maximum absolute atomic E-state index is 12.6. The number of aromatic nitrogens is 3. The van der Waals surface area contributed by atoms with Crippen molar-refractivity contribution in [3.63, 3.8) is 0 Å². The summed E-state index contributed by atoms with van der Waals surface area (Å²) in [5.74, 6) is 1.09. The zero-order chi connectivity index (χ0) is 19.5. The smallest absolute Gasteiger partial charge is 0.265 e. The van der Waals surface area contributed by atoms with Crippen LogP contribution in [0.3, 0.4) is 0 Å². The van der Waals surface area contributed by atoms with Gasteiger partial charge < -0.3 is 10.1 Å². The van der Waals surface area contributed by atoms with Gasteiger partial charge in [-0.3, -0.25) is 9.20 Å². The SMILES string of the molecule is Cc1ccc(-c2cn3cccnc3n2)cc1NC(=O)C(C)Oc1ccccc1. The summed E-state index contributed by atoms with van der Waals surface area (Å²) in [4.78, 5) is 21.4. The molecular weight excluding hydrogens is 352 g/mol. The average Bonchev–Trinajstić information content (AvgIpc) is 3.14. The molecule has 0 bridgehead atoms. The molecule has 0 fully saturated rings.